The van der Waals surface area contributed by atoms with Gasteiger partial charge in [0.05, 0.1) is 0 Å². The van der Waals surface area contributed by atoms with Crippen LogP contribution in [-0.2, 0) is 0 Å². The molecule has 1 rings (SSSR count). The third-order valence-corrected chi connectivity index (χ3v) is 3.48. The summed E-state index contributed by atoms with van der Waals surface area (Å²) in [6, 6.07) is 1.47. The van der Waals surface area contributed by atoms with Crippen molar-refractivity contribution >= 4 is 0 Å². The van der Waals surface area contributed by atoms with E-state index in [0.29, 0.717) is 0 Å². The van der Waals surface area contributed by atoms with Gasteiger partial charge in [0.2, 0.25) is 0 Å². The molecule has 1 aliphatic heterocycles. The first-order valence-electron chi connectivity index (χ1n) is 6.09. The maximum atomic E-state index is 2.65. The van der Waals surface area contributed by atoms with E-state index in [-0.39, 0.29) is 0 Å². The molecule has 1 fully saturated rings. The van der Waals surface area contributed by atoms with Crippen molar-refractivity contribution in [2.45, 2.75) is 52.1 Å². The molecule has 1 saturated heterocycles. The van der Waals surface area contributed by atoms with Crippen molar-refractivity contribution < 1.29 is 0 Å². The quantitative estimate of drug-likeness (QED) is 0.639. The Morgan fingerprint density at radius 2 is 1.79 bits per heavy atom. The Bertz CT molecular complexity index is 158. The number of unbranched alkanes of at least 4 members (excludes halogenated alkanes) is 2. The van der Waals surface area contributed by atoms with Crippen molar-refractivity contribution in [3.05, 3.63) is 0 Å². The summed E-state index contributed by atoms with van der Waals surface area (Å²) in [6.07, 6.45) is 4.09. The number of piperazine rings is 1. The Hall–Kier alpha value is -0.0800. The lowest BCUT2D eigenvalue weighted by atomic mass is 10.1. The predicted octanol–water partition coefficient (Wildman–Crippen LogP) is 2.20. The third kappa shape index (κ3) is 3.25. The largest absolute Gasteiger partial charge is 0.301 e. The molecule has 1 aliphatic rings. The van der Waals surface area contributed by atoms with E-state index in [1.807, 2.05) is 0 Å². The Labute approximate surface area is 89.3 Å². The lowest BCUT2D eigenvalue weighted by molar-refractivity contribution is 0.0590. The van der Waals surface area contributed by atoms with Crippen LogP contribution < -0.4 is 0 Å². The average Bonchev–Trinajstić information content (AvgIpc) is 2.14. The molecule has 0 saturated carbocycles. The molecule has 0 aliphatic carbocycles. The number of likely N-dealkylation sites (N-methyl/N-ethyl adjacent to an activating group) is 1. The van der Waals surface area contributed by atoms with Gasteiger partial charge in [0.15, 0.2) is 0 Å². The van der Waals surface area contributed by atoms with Gasteiger partial charge >= 0.3 is 0 Å². The molecule has 0 aromatic carbocycles. The molecule has 0 spiro atoms. The highest BCUT2D eigenvalue weighted by molar-refractivity contribution is 4.82. The van der Waals surface area contributed by atoms with Gasteiger partial charge in [-0.1, -0.05) is 19.8 Å². The van der Waals surface area contributed by atoms with E-state index >= 15 is 0 Å². The highest BCUT2D eigenvalue weighted by Gasteiger charge is 2.25. The second-order valence-electron chi connectivity index (χ2n) is 4.84. The number of hydrogen-bond acceptors (Lipinski definition) is 2. The summed E-state index contributed by atoms with van der Waals surface area (Å²) in [4.78, 5) is 5.13. The summed E-state index contributed by atoms with van der Waals surface area (Å²) in [5.74, 6) is 0. The van der Waals surface area contributed by atoms with Gasteiger partial charge < -0.3 is 4.90 Å². The maximum absolute atomic E-state index is 2.65. The first-order valence-corrected chi connectivity index (χ1v) is 6.09. The number of hydrogen-bond donors (Lipinski definition) is 0. The van der Waals surface area contributed by atoms with Gasteiger partial charge in [0, 0.05) is 25.2 Å². The topological polar surface area (TPSA) is 6.48 Å². The first kappa shape index (κ1) is 12.0. The minimum atomic E-state index is 0.729. The van der Waals surface area contributed by atoms with E-state index in [1.54, 1.807) is 0 Å². The van der Waals surface area contributed by atoms with Crippen LogP contribution in [0.25, 0.3) is 0 Å². The minimum Gasteiger partial charge on any atom is -0.301 e. The molecule has 0 unspecified atom stereocenters. The summed E-state index contributed by atoms with van der Waals surface area (Å²) >= 11 is 0. The monoisotopic (exact) mass is 198 g/mol. The van der Waals surface area contributed by atoms with Gasteiger partial charge in [-0.25, -0.2) is 0 Å². The maximum Gasteiger partial charge on any atom is 0.0195 e. The second kappa shape index (κ2) is 5.72. The summed E-state index contributed by atoms with van der Waals surface area (Å²) in [6.45, 7) is 10.7. The van der Waals surface area contributed by atoms with Crippen LogP contribution in [0.4, 0.5) is 0 Å². The van der Waals surface area contributed by atoms with E-state index in [4.69, 9.17) is 0 Å². The number of rotatable bonds is 4. The van der Waals surface area contributed by atoms with Gasteiger partial charge in [0.1, 0.15) is 0 Å². The summed E-state index contributed by atoms with van der Waals surface area (Å²) in [5.41, 5.74) is 0. The molecule has 0 bridgehead atoms. The fourth-order valence-electron chi connectivity index (χ4n) is 2.25. The zero-order valence-electron chi connectivity index (χ0n) is 10.3. The second-order valence-corrected chi connectivity index (χ2v) is 4.84. The third-order valence-electron chi connectivity index (χ3n) is 3.48. The molecular weight excluding hydrogens is 172 g/mol. The molecule has 0 N–H and O–H groups in total. The summed E-state index contributed by atoms with van der Waals surface area (Å²) in [7, 11) is 2.24. The Balaban J connectivity index is 2.29. The van der Waals surface area contributed by atoms with Crippen molar-refractivity contribution in [2.75, 3.05) is 26.7 Å². The van der Waals surface area contributed by atoms with E-state index in [1.165, 1.54) is 38.9 Å². The fourth-order valence-corrected chi connectivity index (χ4v) is 2.25. The first-order chi connectivity index (χ1) is 6.65. The van der Waals surface area contributed by atoms with Crippen molar-refractivity contribution in [1.29, 1.82) is 0 Å². The Kier molecular flexibility index (Phi) is 4.90. The van der Waals surface area contributed by atoms with Crippen LogP contribution in [-0.4, -0.2) is 48.6 Å². The minimum absolute atomic E-state index is 0.729. The van der Waals surface area contributed by atoms with Crippen LogP contribution in [0.5, 0.6) is 0 Å². The normalized spacial score (nSPS) is 30.9. The van der Waals surface area contributed by atoms with E-state index in [2.05, 4.69) is 37.6 Å². The molecule has 0 amide bonds. The lowest BCUT2D eigenvalue weighted by Crippen LogP contribution is -2.54. The molecule has 14 heavy (non-hydrogen) atoms. The van der Waals surface area contributed by atoms with E-state index < -0.39 is 0 Å². The SMILES string of the molecule is CCCCCN1C[C@@H](C)N(C)C[C@H]1C. The Morgan fingerprint density at radius 1 is 1.07 bits per heavy atom. The van der Waals surface area contributed by atoms with Gasteiger partial charge in [-0.05, 0) is 33.9 Å². The highest BCUT2D eigenvalue weighted by Crippen LogP contribution is 2.14. The van der Waals surface area contributed by atoms with E-state index in [0.717, 1.165) is 12.1 Å². The molecular formula is C12H26N2. The lowest BCUT2D eigenvalue weighted by Gasteiger charge is -2.42. The number of nitrogens with zero attached hydrogens (tertiary/aromatic N) is 2. The molecule has 1 heterocycles. The van der Waals surface area contributed by atoms with Crippen LogP contribution in [0.2, 0.25) is 0 Å². The van der Waals surface area contributed by atoms with Crippen molar-refractivity contribution in [3.8, 4) is 0 Å². The van der Waals surface area contributed by atoms with Gasteiger partial charge in [-0.15, -0.1) is 0 Å². The van der Waals surface area contributed by atoms with E-state index in [9.17, 15) is 0 Å². The van der Waals surface area contributed by atoms with Crippen LogP contribution >= 0.6 is 0 Å². The average molecular weight is 198 g/mol. The highest BCUT2D eigenvalue weighted by atomic mass is 15.3. The molecule has 84 valence electrons. The van der Waals surface area contributed by atoms with Crippen LogP contribution in [0.3, 0.4) is 0 Å². The van der Waals surface area contributed by atoms with Crippen LogP contribution in [0, 0.1) is 0 Å². The fraction of sp³-hybridized carbons (Fsp3) is 1.00. The van der Waals surface area contributed by atoms with Crippen molar-refractivity contribution in [1.82, 2.24) is 9.80 Å². The van der Waals surface area contributed by atoms with Gasteiger partial charge in [-0.2, -0.15) is 0 Å². The standard InChI is InChI=1S/C12H26N2/c1-5-6-7-8-14-10-11(2)13(4)9-12(14)3/h11-12H,5-10H2,1-4H3/t11-,12-/m1/s1. The smallest absolute Gasteiger partial charge is 0.0195 e. The zero-order valence-corrected chi connectivity index (χ0v) is 10.3. The van der Waals surface area contributed by atoms with Crippen molar-refractivity contribution in [3.63, 3.8) is 0 Å². The summed E-state index contributed by atoms with van der Waals surface area (Å²) in [5, 5.41) is 0. The molecule has 0 aromatic heterocycles. The molecule has 0 aromatic rings. The summed E-state index contributed by atoms with van der Waals surface area (Å²) < 4.78 is 0. The predicted molar refractivity (Wildman–Crippen MR) is 62.7 cm³/mol. The van der Waals surface area contributed by atoms with Crippen LogP contribution in [0.1, 0.15) is 40.0 Å². The Morgan fingerprint density at radius 3 is 2.43 bits per heavy atom. The molecule has 2 heteroatoms. The molecule has 0 radical (unpaired) electrons. The van der Waals surface area contributed by atoms with Crippen molar-refractivity contribution in [2.24, 2.45) is 0 Å². The molecule has 2 atom stereocenters. The van der Waals surface area contributed by atoms with Gasteiger partial charge in [0.25, 0.3) is 0 Å². The van der Waals surface area contributed by atoms with Gasteiger partial charge in [-0.3, -0.25) is 4.90 Å². The van der Waals surface area contributed by atoms with Crippen LogP contribution in [0.15, 0.2) is 0 Å². The molecule has 2 nitrogen and oxygen atoms in total. The zero-order chi connectivity index (χ0) is 10.6.